The third-order valence-corrected chi connectivity index (χ3v) is 5.20. The number of aliphatic hydroxyl groups is 3. The van der Waals surface area contributed by atoms with Crippen LogP contribution >= 0.6 is 11.8 Å². The molecule has 1 aliphatic rings. The van der Waals surface area contributed by atoms with E-state index in [0.717, 1.165) is 0 Å². The topological polar surface area (TPSA) is 209 Å². The predicted molar refractivity (Wildman–Crippen MR) is 92.5 cm³/mol. The van der Waals surface area contributed by atoms with Gasteiger partial charge in [-0.1, -0.05) is 0 Å². The van der Waals surface area contributed by atoms with Crippen molar-refractivity contribution < 1.29 is 32.7 Å². The minimum atomic E-state index is -4.24. The maximum Gasteiger partial charge on any atom is 0.333 e. The van der Waals surface area contributed by atoms with E-state index in [-0.39, 0.29) is 18.1 Å². The quantitative estimate of drug-likeness (QED) is 0.289. The summed E-state index contributed by atoms with van der Waals surface area (Å²) in [5.74, 6) is 0.482. The molecule has 0 spiro atoms. The number of nitrogens with zero attached hydrogens (tertiary/aromatic N) is 4. The Morgan fingerprint density at radius 1 is 1.33 bits per heavy atom. The number of hydrogen-bond donors (Lipinski definition) is 5. The highest BCUT2D eigenvalue weighted by atomic mass is 32.2. The first-order chi connectivity index (χ1) is 12.7. The monoisotopic (exact) mass is 422 g/mol. The van der Waals surface area contributed by atoms with E-state index in [1.807, 2.05) is 0 Å². The number of aliphatic hydroxyl groups excluding tert-OH is 3. The molecule has 2 aromatic rings. The first-order valence-electron chi connectivity index (χ1n) is 7.64. The molecule has 7 N–H and O–H groups in total. The molecular formula is C12H18N6O7S2. The molecule has 2 aromatic heterocycles. The fourth-order valence-electron chi connectivity index (χ4n) is 2.62. The summed E-state index contributed by atoms with van der Waals surface area (Å²) < 4.78 is 33.0. The highest BCUT2D eigenvalue weighted by molar-refractivity contribution is 7.99. The molecule has 3 heterocycles. The van der Waals surface area contributed by atoms with Gasteiger partial charge < -0.3 is 25.8 Å². The molecule has 0 amide bonds. The van der Waals surface area contributed by atoms with Crippen molar-refractivity contribution in [3.8, 4) is 0 Å². The van der Waals surface area contributed by atoms with Crippen LogP contribution in [0, 0.1) is 0 Å². The van der Waals surface area contributed by atoms with Crippen molar-refractivity contribution in [3.63, 3.8) is 0 Å². The van der Waals surface area contributed by atoms with E-state index >= 15 is 0 Å². The Labute approximate surface area is 157 Å². The van der Waals surface area contributed by atoms with E-state index in [9.17, 15) is 18.6 Å². The van der Waals surface area contributed by atoms with Crippen molar-refractivity contribution in [1.29, 1.82) is 0 Å². The van der Waals surface area contributed by atoms with Gasteiger partial charge in [0, 0.05) is 5.75 Å². The van der Waals surface area contributed by atoms with Crippen molar-refractivity contribution in [2.45, 2.75) is 29.6 Å². The molecule has 0 aromatic carbocycles. The van der Waals surface area contributed by atoms with Gasteiger partial charge in [0.1, 0.15) is 35.5 Å². The summed E-state index contributed by atoms with van der Waals surface area (Å²) in [5, 5.41) is 39.4. The SMILES string of the molecule is Nc1ncnc2c1c(SCCO)nn2[C@@H]1O[C@H](COS(N)(=O)=O)[C@@H](O)[C@H]1O. The third-order valence-electron chi connectivity index (χ3n) is 3.79. The minimum Gasteiger partial charge on any atom is -0.396 e. The lowest BCUT2D eigenvalue weighted by molar-refractivity contribution is -0.0531. The van der Waals surface area contributed by atoms with Gasteiger partial charge in [-0.2, -0.15) is 13.5 Å². The average molecular weight is 422 g/mol. The molecule has 1 fully saturated rings. The maximum absolute atomic E-state index is 10.9. The molecule has 0 radical (unpaired) electrons. The molecule has 1 aliphatic heterocycles. The molecular weight excluding hydrogens is 404 g/mol. The molecule has 27 heavy (non-hydrogen) atoms. The largest absolute Gasteiger partial charge is 0.396 e. The zero-order chi connectivity index (χ0) is 19.8. The number of hydrogen-bond acceptors (Lipinski definition) is 12. The highest BCUT2D eigenvalue weighted by Crippen LogP contribution is 2.35. The lowest BCUT2D eigenvalue weighted by Gasteiger charge is -2.15. The van der Waals surface area contributed by atoms with Gasteiger partial charge in [0.15, 0.2) is 11.9 Å². The third kappa shape index (κ3) is 4.14. The maximum atomic E-state index is 10.9. The first-order valence-corrected chi connectivity index (χ1v) is 10.1. The van der Waals surface area contributed by atoms with Crippen molar-refractivity contribution in [1.82, 2.24) is 19.7 Å². The van der Waals surface area contributed by atoms with Crippen molar-refractivity contribution in [3.05, 3.63) is 6.33 Å². The van der Waals surface area contributed by atoms with Gasteiger partial charge in [-0.3, -0.25) is 4.18 Å². The van der Waals surface area contributed by atoms with Gasteiger partial charge in [0.25, 0.3) is 0 Å². The minimum absolute atomic E-state index is 0.0964. The van der Waals surface area contributed by atoms with Gasteiger partial charge in [0.2, 0.25) is 0 Å². The van der Waals surface area contributed by atoms with Crippen LogP contribution in [0.1, 0.15) is 6.23 Å². The molecule has 15 heteroatoms. The second kappa shape index (κ2) is 7.80. The Balaban J connectivity index is 1.93. The molecule has 0 aliphatic carbocycles. The summed E-state index contributed by atoms with van der Waals surface area (Å²) in [4.78, 5) is 8.00. The molecule has 4 atom stereocenters. The number of rotatable bonds is 7. The Kier molecular flexibility index (Phi) is 5.82. The lowest BCUT2D eigenvalue weighted by Crippen LogP contribution is -2.35. The normalized spacial score (nSPS) is 26.1. The Morgan fingerprint density at radius 2 is 2.07 bits per heavy atom. The number of nitrogens with two attached hydrogens (primary N) is 2. The van der Waals surface area contributed by atoms with E-state index in [4.69, 9.17) is 20.7 Å². The van der Waals surface area contributed by atoms with Crippen LogP contribution in [0.25, 0.3) is 11.0 Å². The predicted octanol–water partition coefficient (Wildman–Crippen LogP) is -2.67. The first kappa shape index (κ1) is 20.2. The summed E-state index contributed by atoms with van der Waals surface area (Å²) in [7, 11) is -4.24. The lowest BCUT2D eigenvalue weighted by atomic mass is 10.1. The molecule has 13 nitrogen and oxygen atoms in total. The van der Waals surface area contributed by atoms with Crippen LogP contribution in [0.3, 0.4) is 0 Å². The van der Waals surface area contributed by atoms with Crippen molar-refractivity contribution >= 4 is 38.9 Å². The smallest absolute Gasteiger partial charge is 0.333 e. The average Bonchev–Trinajstić information content (AvgIpc) is 3.10. The van der Waals surface area contributed by atoms with Gasteiger partial charge in [0.05, 0.1) is 18.6 Å². The van der Waals surface area contributed by atoms with Gasteiger partial charge >= 0.3 is 10.3 Å². The van der Waals surface area contributed by atoms with Gasteiger partial charge in [-0.05, 0) is 0 Å². The highest BCUT2D eigenvalue weighted by Gasteiger charge is 2.45. The Bertz CT molecular complexity index is 922. The summed E-state index contributed by atoms with van der Waals surface area (Å²) in [6, 6.07) is 0. The molecule has 150 valence electrons. The summed E-state index contributed by atoms with van der Waals surface area (Å²) >= 11 is 1.20. The van der Waals surface area contributed by atoms with Crippen LogP contribution in [0.4, 0.5) is 5.82 Å². The number of nitrogen functional groups attached to an aromatic ring is 1. The fraction of sp³-hybridized carbons (Fsp3) is 0.583. The molecule has 3 rings (SSSR count). The van der Waals surface area contributed by atoms with Crippen LogP contribution < -0.4 is 10.9 Å². The number of fused-ring (bicyclic) bond motifs is 1. The summed E-state index contributed by atoms with van der Waals surface area (Å²) in [6.07, 6.45) is -4.06. The number of ether oxygens (including phenoxy) is 1. The van der Waals surface area contributed by atoms with Crippen LogP contribution in [0.15, 0.2) is 11.4 Å². The second-order valence-corrected chi connectivity index (χ2v) is 7.91. The van der Waals surface area contributed by atoms with Crippen LogP contribution in [-0.2, 0) is 19.2 Å². The van der Waals surface area contributed by atoms with E-state index in [1.54, 1.807) is 0 Å². The second-order valence-electron chi connectivity index (χ2n) is 5.60. The molecule has 1 saturated heterocycles. The van der Waals surface area contributed by atoms with Gasteiger partial charge in [-0.25, -0.2) is 19.8 Å². The van der Waals surface area contributed by atoms with Gasteiger partial charge in [-0.15, -0.1) is 11.8 Å². The van der Waals surface area contributed by atoms with Crippen molar-refractivity contribution in [2.75, 3.05) is 24.7 Å². The molecule has 0 unspecified atom stereocenters. The zero-order valence-corrected chi connectivity index (χ0v) is 15.4. The molecule has 0 bridgehead atoms. The van der Waals surface area contributed by atoms with Crippen molar-refractivity contribution in [2.24, 2.45) is 5.14 Å². The van der Waals surface area contributed by atoms with E-state index < -0.39 is 41.5 Å². The van der Waals surface area contributed by atoms with Crippen LogP contribution in [0.5, 0.6) is 0 Å². The van der Waals surface area contributed by atoms with Crippen LogP contribution in [0.2, 0.25) is 0 Å². The fourth-order valence-corrected chi connectivity index (χ4v) is 3.71. The number of anilines is 1. The number of aromatic nitrogens is 4. The number of thioether (sulfide) groups is 1. The Hall–Kier alpha value is -1.59. The Morgan fingerprint density at radius 3 is 2.74 bits per heavy atom. The van der Waals surface area contributed by atoms with E-state index in [0.29, 0.717) is 16.2 Å². The van der Waals surface area contributed by atoms with E-state index in [1.165, 1.54) is 22.8 Å². The summed E-state index contributed by atoms with van der Waals surface area (Å²) in [6.45, 7) is -0.684. The molecule has 0 saturated carbocycles. The summed E-state index contributed by atoms with van der Waals surface area (Å²) in [5.41, 5.74) is 6.13. The van der Waals surface area contributed by atoms with E-state index in [2.05, 4.69) is 19.2 Å². The standard InChI is InChI=1S/C12H18N6O7S2/c13-9-6-10(16-4-15-9)18(17-11(6)26-2-1-19)12-8(21)7(20)5(25-12)3-24-27(14,22)23/h4-5,7-8,12,19-21H,1-3H2,(H2,13,15,16)(H2,14,22,23)/t5-,7-,8-,12-/m1/s1. The van der Waals surface area contributed by atoms with Crippen LogP contribution in [-0.4, -0.2) is 80.8 Å². The zero-order valence-electron chi connectivity index (χ0n) is 13.7.